The second-order valence-corrected chi connectivity index (χ2v) is 10.4. The van der Waals surface area contributed by atoms with Crippen LogP contribution in [0.25, 0.3) is 0 Å². The maximum absolute atomic E-state index is 11.4. The van der Waals surface area contributed by atoms with Crippen molar-refractivity contribution >= 4 is 0 Å². The molecule has 3 aliphatic carbocycles. The molecule has 2 N–H and O–H groups in total. The summed E-state index contributed by atoms with van der Waals surface area (Å²) >= 11 is 0. The average molecular weight is 376 g/mol. The second kappa shape index (κ2) is 8.00. The molecule has 0 saturated heterocycles. The predicted octanol–water partition coefficient (Wildman–Crippen LogP) is 4.41. The van der Waals surface area contributed by atoms with Gasteiger partial charge in [0.1, 0.15) is 0 Å². The van der Waals surface area contributed by atoms with Crippen LogP contribution in [-0.4, -0.2) is 48.0 Å². The second-order valence-electron chi connectivity index (χ2n) is 10.4. The third-order valence-corrected chi connectivity index (χ3v) is 8.53. The van der Waals surface area contributed by atoms with Gasteiger partial charge < -0.3 is 15.1 Å². The zero-order valence-electron chi connectivity index (χ0n) is 18.0. The van der Waals surface area contributed by atoms with Crippen LogP contribution in [0.4, 0.5) is 0 Å². The Morgan fingerprint density at radius 1 is 1.11 bits per heavy atom. The first-order valence-electron chi connectivity index (χ1n) is 11.0. The van der Waals surface area contributed by atoms with Crippen molar-refractivity contribution in [3.05, 3.63) is 24.3 Å². The van der Waals surface area contributed by atoms with E-state index in [2.05, 4.69) is 51.6 Å². The van der Waals surface area contributed by atoms with E-state index in [0.29, 0.717) is 17.8 Å². The van der Waals surface area contributed by atoms with E-state index in [9.17, 15) is 10.2 Å². The van der Waals surface area contributed by atoms with Crippen molar-refractivity contribution in [2.75, 3.05) is 20.6 Å². The molecule has 3 saturated carbocycles. The molecule has 0 amide bonds. The Bertz CT molecular complexity index is 571. The molecule has 3 nitrogen and oxygen atoms in total. The summed E-state index contributed by atoms with van der Waals surface area (Å²) in [7, 11) is 4.21. The molecular formula is C24H41NO2. The van der Waals surface area contributed by atoms with E-state index in [1.54, 1.807) is 0 Å². The quantitative estimate of drug-likeness (QED) is 0.700. The molecule has 3 aliphatic rings. The van der Waals surface area contributed by atoms with Crippen LogP contribution in [-0.2, 0) is 0 Å². The molecule has 0 aromatic carbocycles. The van der Waals surface area contributed by atoms with Crippen molar-refractivity contribution in [2.24, 2.45) is 28.6 Å². The van der Waals surface area contributed by atoms with Gasteiger partial charge in [-0.3, -0.25) is 0 Å². The zero-order valence-corrected chi connectivity index (χ0v) is 18.0. The van der Waals surface area contributed by atoms with Gasteiger partial charge >= 0.3 is 0 Å². The van der Waals surface area contributed by atoms with Gasteiger partial charge in [-0.25, -0.2) is 0 Å². The first kappa shape index (κ1) is 21.1. The molecule has 0 bridgehead atoms. The number of allylic oxidation sites excluding steroid dienone is 2. The molecule has 0 heterocycles. The highest BCUT2D eigenvalue weighted by molar-refractivity contribution is 5.21. The summed E-state index contributed by atoms with van der Waals surface area (Å²) in [4.78, 5) is 2.21. The fraction of sp³-hybridized carbons (Fsp3) is 0.833. The van der Waals surface area contributed by atoms with E-state index in [0.717, 1.165) is 57.9 Å². The predicted molar refractivity (Wildman–Crippen MR) is 112 cm³/mol. The Morgan fingerprint density at radius 2 is 1.85 bits per heavy atom. The number of nitrogens with zero attached hydrogens (tertiary/aromatic N) is 1. The van der Waals surface area contributed by atoms with Gasteiger partial charge in [0.05, 0.1) is 12.2 Å². The van der Waals surface area contributed by atoms with Crippen LogP contribution in [0.1, 0.15) is 65.2 Å². The Balaban J connectivity index is 1.78. The van der Waals surface area contributed by atoms with Gasteiger partial charge in [-0.1, -0.05) is 38.2 Å². The maximum Gasteiger partial charge on any atom is 0.0610 e. The normalized spacial score (nSPS) is 45.6. The van der Waals surface area contributed by atoms with Crippen LogP contribution >= 0.6 is 0 Å². The Labute approximate surface area is 166 Å². The lowest BCUT2D eigenvalue weighted by molar-refractivity contribution is -0.110. The smallest absolute Gasteiger partial charge is 0.0610 e. The summed E-state index contributed by atoms with van der Waals surface area (Å²) in [6.45, 7) is 10.1. The third kappa shape index (κ3) is 3.93. The number of fused-ring (bicyclic) bond motifs is 1. The van der Waals surface area contributed by atoms with Crippen LogP contribution in [0, 0.1) is 28.6 Å². The van der Waals surface area contributed by atoms with Crippen molar-refractivity contribution in [3.8, 4) is 0 Å². The number of rotatable bonds is 5. The summed E-state index contributed by atoms with van der Waals surface area (Å²) in [6.07, 6.45) is 12.4. The molecular weight excluding hydrogens is 334 g/mol. The minimum Gasteiger partial charge on any atom is -0.393 e. The molecule has 7 atom stereocenters. The van der Waals surface area contributed by atoms with Crippen molar-refractivity contribution < 1.29 is 10.2 Å². The molecule has 0 radical (unpaired) electrons. The van der Waals surface area contributed by atoms with Crippen LogP contribution in [0.2, 0.25) is 0 Å². The van der Waals surface area contributed by atoms with E-state index < -0.39 is 0 Å². The summed E-state index contributed by atoms with van der Waals surface area (Å²) in [5, 5.41) is 21.8. The van der Waals surface area contributed by atoms with Gasteiger partial charge in [-0.2, -0.15) is 0 Å². The van der Waals surface area contributed by atoms with Gasteiger partial charge in [-0.05, 0) is 94.0 Å². The summed E-state index contributed by atoms with van der Waals surface area (Å²) in [5.41, 5.74) is 1.57. The van der Waals surface area contributed by atoms with Gasteiger partial charge in [0, 0.05) is 6.54 Å². The first-order valence-corrected chi connectivity index (χ1v) is 11.0. The topological polar surface area (TPSA) is 43.7 Å². The van der Waals surface area contributed by atoms with Crippen molar-refractivity contribution in [2.45, 2.75) is 77.4 Å². The SMILES string of the molecule is C=C1CCC2C(O)C(C3(C)CCC(O)CC3C=CCCN(C)C)CCC12C. The summed E-state index contributed by atoms with van der Waals surface area (Å²) in [6, 6.07) is 0. The Hall–Kier alpha value is -0.640. The van der Waals surface area contributed by atoms with E-state index in [1.807, 2.05) is 0 Å². The Kier molecular flexibility index (Phi) is 6.25. The molecule has 3 rings (SSSR count). The molecule has 0 aromatic heterocycles. The lowest BCUT2D eigenvalue weighted by Gasteiger charge is -2.54. The minimum atomic E-state index is -0.235. The highest BCUT2D eigenvalue weighted by Gasteiger charge is 2.56. The number of aliphatic hydroxyl groups is 2. The fourth-order valence-corrected chi connectivity index (χ4v) is 6.43. The fourth-order valence-electron chi connectivity index (χ4n) is 6.43. The molecule has 0 aromatic rings. The van der Waals surface area contributed by atoms with E-state index in [1.165, 1.54) is 5.57 Å². The van der Waals surface area contributed by atoms with Crippen LogP contribution in [0.15, 0.2) is 24.3 Å². The van der Waals surface area contributed by atoms with Crippen molar-refractivity contribution in [1.29, 1.82) is 0 Å². The zero-order chi connectivity index (χ0) is 19.8. The van der Waals surface area contributed by atoms with E-state index >= 15 is 0 Å². The summed E-state index contributed by atoms with van der Waals surface area (Å²) in [5.74, 6) is 1.06. The first-order chi connectivity index (χ1) is 12.7. The molecule has 3 heteroatoms. The minimum absolute atomic E-state index is 0.0819. The number of aliphatic hydroxyl groups excluding tert-OH is 2. The summed E-state index contributed by atoms with van der Waals surface area (Å²) < 4.78 is 0. The highest BCUT2D eigenvalue weighted by atomic mass is 16.3. The van der Waals surface area contributed by atoms with E-state index in [-0.39, 0.29) is 23.0 Å². The van der Waals surface area contributed by atoms with Gasteiger partial charge in [0.2, 0.25) is 0 Å². The van der Waals surface area contributed by atoms with Gasteiger partial charge in [0.15, 0.2) is 0 Å². The van der Waals surface area contributed by atoms with E-state index in [4.69, 9.17) is 0 Å². The molecule has 7 unspecified atom stereocenters. The molecule has 154 valence electrons. The average Bonchev–Trinajstić information content (AvgIpc) is 2.91. The molecule has 0 spiro atoms. The monoisotopic (exact) mass is 375 g/mol. The lowest BCUT2D eigenvalue weighted by Crippen LogP contribution is -2.52. The standard InChI is InChI=1S/C24H41NO2/c1-17-9-10-20-22(27)21(12-14-23(17,20)2)24(3)13-11-19(26)16-18(24)8-6-7-15-25(4)5/h6,8,18-22,26-27H,1,7,9-16H2,2-5H3. The van der Waals surface area contributed by atoms with Crippen molar-refractivity contribution in [3.63, 3.8) is 0 Å². The Morgan fingerprint density at radius 3 is 2.56 bits per heavy atom. The molecule has 3 fully saturated rings. The number of hydrogen-bond acceptors (Lipinski definition) is 3. The lowest BCUT2D eigenvalue weighted by atomic mass is 9.52. The molecule has 0 aliphatic heterocycles. The third-order valence-electron chi connectivity index (χ3n) is 8.53. The number of hydrogen-bond donors (Lipinski definition) is 2. The van der Waals surface area contributed by atoms with Crippen molar-refractivity contribution in [1.82, 2.24) is 4.90 Å². The van der Waals surface area contributed by atoms with Crippen LogP contribution < -0.4 is 0 Å². The van der Waals surface area contributed by atoms with Gasteiger partial charge in [-0.15, -0.1) is 0 Å². The molecule has 27 heavy (non-hydrogen) atoms. The maximum atomic E-state index is 11.4. The van der Waals surface area contributed by atoms with Crippen LogP contribution in [0.3, 0.4) is 0 Å². The largest absolute Gasteiger partial charge is 0.393 e. The van der Waals surface area contributed by atoms with Gasteiger partial charge in [0.25, 0.3) is 0 Å². The van der Waals surface area contributed by atoms with Crippen LogP contribution in [0.5, 0.6) is 0 Å². The highest BCUT2D eigenvalue weighted by Crippen LogP contribution is 2.61.